The fourth-order valence-corrected chi connectivity index (χ4v) is 1.83. The Kier molecular flexibility index (Phi) is 6.76. The molecule has 0 unspecified atom stereocenters. The Morgan fingerprint density at radius 1 is 1.18 bits per heavy atom. The molecule has 0 aliphatic heterocycles. The monoisotopic (exact) mass is 243 g/mol. The largest absolute Gasteiger partial charge is 0.355 e. The van der Waals surface area contributed by atoms with E-state index in [0.29, 0.717) is 0 Å². The molecule has 0 saturated heterocycles. The van der Waals surface area contributed by atoms with Gasteiger partial charge in [-0.1, -0.05) is 27.7 Å². The number of nitrogens with zero attached hydrogens (tertiary/aromatic N) is 1. The second-order valence-electron chi connectivity index (χ2n) is 6.23. The quantitative estimate of drug-likeness (QED) is 0.515. The van der Waals surface area contributed by atoms with E-state index in [1.807, 2.05) is 13.8 Å². The van der Waals surface area contributed by atoms with Gasteiger partial charge in [0, 0.05) is 18.4 Å². The van der Waals surface area contributed by atoms with E-state index in [1.165, 1.54) is 13.0 Å². The summed E-state index contributed by atoms with van der Waals surface area (Å²) in [4.78, 5) is 11.8. The van der Waals surface area contributed by atoms with Crippen molar-refractivity contribution in [2.45, 2.75) is 47.0 Å². The lowest BCUT2D eigenvalue weighted by Gasteiger charge is -2.29. The van der Waals surface area contributed by atoms with Gasteiger partial charge in [0.2, 0.25) is 5.91 Å². The Morgan fingerprint density at radius 2 is 1.76 bits per heavy atom. The summed E-state index contributed by atoms with van der Waals surface area (Å²) in [5, 5.41) is 3.04. The molecule has 0 aromatic heterocycles. The first kappa shape index (κ1) is 16.4. The topological polar surface area (TPSA) is 29.1 Å². The van der Waals surface area contributed by atoms with Gasteiger partial charge in [0.05, 0.1) is 27.2 Å². The lowest BCUT2D eigenvalue weighted by Crippen LogP contribution is -2.43. The van der Waals surface area contributed by atoms with Crippen molar-refractivity contribution in [1.29, 1.82) is 0 Å². The van der Waals surface area contributed by atoms with E-state index in [0.717, 1.165) is 30.4 Å². The molecule has 0 aliphatic carbocycles. The maximum absolute atomic E-state index is 11.8. The van der Waals surface area contributed by atoms with E-state index < -0.39 is 0 Å². The van der Waals surface area contributed by atoms with Gasteiger partial charge >= 0.3 is 0 Å². The standard InChI is InChI=1S/C14H30N2O/c1-7-11-16(5,6)12-9-10-15-13(17)14(3,4)8-2/h7-12H2,1-6H3/p+1. The van der Waals surface area contributed by atoms with Crippen LogP contribution in [0.25, 0.3) is 0 Å². The van der Waals surface area contributed by atoms with Gasteiger partial charge in [-0.05, 0) is 12.8 Å². The minimum Gasteiger partial charge on any atom is -0.355 e. The van der Waals surface area contributed by atoms with Crippen molar-refractivity contribution >= 4 is 5.91 Å². The fraction of sp³-hybridized carbons (Fsp3) is 0.929. The summed E-state index contributed by atoms with van der Waals surface area (Å²) < 4.78 is 1.05. The number of carbonyl (C=O) groups excluding carboxylic acids is 1. The molecule has 102 valence electrons. The number of hydrogen-bond acceptors (Lipinski definition) is 1. The number of hydrogen-bond donors (Lipinski definition) is 1. The van der Waals surface area contributed by atoms with Gasteiger partial charge < -0.3 is 9.80 Å². The molecule has 0 atom stereocenters. The molecule has 1 N–H and O–H groups in total. The Labute approximate surface area is 107 Å². The zero-order valence-electron chi connectivity index (χ0n) is 12.6. The molecule has 0 aliphatic rings. The lowest BCUT2D eigenvalue weighted by atomic mass is 9.89. The minimum atomic E-state index is -0.228. The van der Waals surface area contributed by atoms with Crippen LogP contribution < -0.4 is 5.32 Å². The number of amides is 1. The zero-order chi connectivity index (χ0) is 13.5. The summed E-state index contributed by atoms with van der Waals surface area (Å²) in [5.74, 6) is 0.181. The van der Waals surface area contributed by atoms with Crippen molar-refractivity contribution in [3.05, 3.63) is 0 Å². The highest BCUT2D eigenvalue weighted by Gasteiger charge is 2.24. The lowest BCUT2D eigenvalue weighted by molar-refractivity contribution is -0.890. The van der Waals surface area contributed by atoms with Crippen molar-refractivity contribution in [3.8, 4) is 0 Å². The molecule has 1 amide bonds. The summed E-state index contributed by atoms with van der Waals surface area (Å²) in [6.45, 7) is 11.4. The zero-order valence-corrected chi connectivity index (χ0v) is 12.6. The van der Waals surface area contributed by atoms with Gasteiger partial charge in [0.15, 0.2) is 0 Å². The number of quaternary nitrogens is 1. The second-order valence-corrected chi connectivity index (χ2v) is 6.23. The van der Waals surface area contributed by atoms with E-state index in [4.69, 9.17) is 0 Å². The first-order chi connectivity index (χ1) is 7.75. The SMILES string of the molecule is CCC[N+](C)(C)CCCNC(=O)C(C)(C)CC. The van der Waals surface area contributed by atoms with Gasteiger partial charge in [-0.15, -0.1) is 0 Å². The molecule has 17 heavy (non-hydrogen) atoms. The van der Waals surface area contributed by atoms with Gasteiger partial charge in [-0.25, -0.2) is 0 Å². The number of nitrogens with one attached hydrogen (secondary N) is 1. The summed E-state index contributed by atoms with van der Waals surface area (Å²) in [5.41, 5.74) is -0.228. The van der Waals surface area contributed by atoms with Gasteiger partial charge in [-0.3, -0.25) is 4.79 Å². The Balaban J connectivity index is 3.83. The summed E-state index contributed by atoms with van der Waals surface area (Å²) >= 11 is 0. The highest BCUT2D eigenvalue weighted by molar-refractivity contribution is 5.81. The predicted octanol–water partition coefficient (Wildman–Crippen LogP) is 2.42. The van der Waals surface area contributed by atoms with Crippen LogP contribution in [-0.2, 0) is 4.79 Å². The molecule has 3 nitrogen and oxygen atoms in total. The van der Waals surface area contributed by atoms with Crippen LogP contribution in [0.15, 0.2) is 0 Å². The van der Waals surface area contributed by atoms with Crippen molar-refractivity contribution < 1.29 is 9.28 Å². The summed E-state index contributed by atoms with van der Waals surface area (Å²) in [6, 6.07) is 0. The van der Waals surface area contributed by atoms with E-state index in [9.17, 15) is 4.79 Å². The van der Waals surface area contributed by atoms with Gasteiger partial charge in [0.25, 0.3) is 0 Å². The molecule has 0 radical (unpaired) electrons. The highest BCUT2D eigenvalue weighted by atomic mass is 16.2. The van der Waals surface area contributed by atoms with E-state index in [1.54, 1.807) is 0 Å². The van der Waals surface area contributed by atoms with E-state index in [-0.39, 0.29) is 11.3 Å². The average Bonchev–Trinajstić information content (AvgIpc) is 2.24. The maximum atomic E-state index is 11.8. The van der Waals surface area contributed by atoms with Crippen molar-refractivity contribution in [3.63, 3.8) is 0 Å². The summed E-state index contributed by atoms with van der Waals surface area (Å²) in [6.07, 6.45) is 3.15. The van der Waals surface area contributed by atoms with Crippen LogP contribution in [-0.4, -0.2) is 44.1 Å². The highest BCUT2D eigenvalue weighted by Crippen LogP contribution is 2.19. The van der Waals surface area contributed by atoms with Crippen molar-refractivity contribution in [2.24, 2.45) is 5.41 Å². The Hall–Kier alpha value is -0.570. The Morgan fingerprint density at radius 3 is 2.24 bits per heavy atom. The van der Waals surface area contributed by atoms with Crippen LogP contribution >= 0.6 is 0 Å². The van der Waals surface area contributed by atoms with Crippen LogP contribution in [0.3, 0.4) is 0 Å². The first-order valence-electron chi connectivity index (χ1n) is 6.85. The normalized spacial score (nSPS) is 12.6. The molecule has 0 fully saturated rings. The molecule has 3 heteroatoms. The minimum absolute atomic E-state index is 0.181. The molecule has 0 spiro atoms. The van der Waals surface area contributed by atoms with Crippen LogP contribution in [0.4, 0.5) is 0 Å². The molecular formula is C14H31N2O+. The third kappa shape index (κ3) is 6.67. The smallest absolute Gasteiger partial charge is 0.225 e. The molecule has 0 saturated carbocycles. The van der Waals surface area contributed by atoms with Crippen molar-refractivity contribution in [2.75, 3.05) is 33.7 Å². The van der Waals surface area contributed by atoms with Gasteiger partial charge in [0.1, 0.15) is 0 Å². The molecule has 0 aromatic carbocycles. The molecule has 0 bridgehead atoms. The average molecular weight is 243 g/mol. The first-order valence-corrected chi connectivity index (χ1v) is 6.85. The third-order valence-corrected chi connectivity index (χ3v) is 3.55. The molecular weight excluding hydrogens is 212 g/mol. The van der Waals surface area contributed by atoms with E-state index in [2.05, 4.69) is 33.3 Å². The second kappa shape index (κ2) is 7.00. The number of rotatable bonds is 8. The van der Waals surface area contributed by atoms with Crippen LogP contribution in [0, 0.1) is 5.41 Å². The van der Waals surface area contributed by atoms with Crippen LogP contribution in [0.1, 0.15) is 47.0 Å². The summed E-state index contributed by atoms with van der Waals surface area (Å²) in [7, 11) is 4.50. The van der Waals surface area contributed by atoms with Crippen molar-refractivity contribution in [1.82, 2.24) is 5.32 Å². The van der Waals surface area contributed by atoms with Gasteiger partial charge in [-0.2, -0.15) is 0 Å². The predicted molar refractivity (Wildman–Crippen MR) is 73.8 cm³/mol. The van der Waals surface area contributed by atoms with E-state index >= 15 is 0 Å². The third-order valence-electron chi connectivity index (χ3n) is 3.55. The number of carbonyl (C=O) groups is 1. The fourth-order valence-electron chi connectivity index (χ4n) is 1.83. The molecule has 0 rings (SSSR count). The Bertz CT molecular complexity index is 234. The van der Waals surface area contributed by atoms with Crippen LogP contribution in [0.5, 0.6) is 0 Å². The maximum Gasteiger partial charge on any atom is 0.225 e. The van der Waals surface area contributed by atoms with Crippen LogP contribution in [0.2, 0.25) is 0 Å². The molecule has 0 heterocycles. The molecule has 0 aromatic rings.